The van der Waals surface area contributed by atoms with Crippen LogP contribution in [-0.4, -0.2) is 137 Å². The number of phenols is 1. The van der Waals surface area contributed by atoms with Crippen molar-refractivity contribution in [3.63, 3.8) is 0 Å². The van der Waals surface area contributed by atoms with Crippen LogP contribution in [0.4, 0.5) is 0 Å². The number of rotatable bonds is 28. The Balaban J connectivity index is 3.43. The van der Waals surface area contributed by atoms with Crippen molar-refractivity contribution in [3.8, 4) is 5.75 Å². The molecular weight excluding hydrogens is 771 g/mol. The minimum atomic E-state index is -1.82. The summed E-state index contributed by atoms with van der Waals surface area (Å²) in [6.45, 7) is -0.562. The number of carbonyl (C=O) groups is 8. The van der Waals surface area contributed by atoms with Crippen molar-refractivity contribution in [2.45, 2.75) is 81.6 Å². The number of nitrogens with zero attached hydrogens (tertiary/aromatic N) is 1. The highest BCUT2D eigenvalue weighted by Gasteiger charge is 2.33. The van der Waals surface area contributed by atoms with Crippen LogP contribution in [-0.2, 0) is 44.8 Å². The van der Waals surface area contributed by atoms with E-state index in [1.807, 2.05) is 0 Å². The molecule has 318 valence electrons. The van der Waals surface area contributed by atoms with Gasteiger partial charge in [-0.05, 0) is 74.8 Å². The van der Waals surface area contributed by atoms with Gasteiger partial charge in [0.25, 0.3) is 0 Å². The molecule has 0 saturated heterocycles. The second-order valence-electron chi connectivity index (χ2n) is 12.7. The number of nitrogens with two attached hydrogens (primary N) is 4. The monoisotopic (exact) mass is 825 g/mol. The summed E-state index contributed by atoms with van der Waals surface area (Å²) in [5, 5.41) is 43.5. The fraction of sp³-hybridized carbons (Fsp3) is 0.559. The van der Waals surface area contributed by atoms with Gasteiger partial charge in [-0.25, -0.2) is 4.79 Å². The van der Waals surface area contributed by atoms with Crippen LogP contribution < -0.4 is 54.8 Å². The predicted molar refractivity (Wildman–Crippen MR) is 209 cm³/mol. The first-order valence-electron chi connectivity index (χ1n) is 18.0. The molecule has 0 heterocycles. The summed E-state index contributed by atoms with van der Waals surface area (Å²) in [7, 11) is 0. The molecule has 0 bridgehead atoms. The average molecular weight is 826 g/mol. The van der Waals surface area contributed by atoms with Crippen molar-refractivity contribution in [1.29, 1.82) is 0 Å². The molecular formula is C34H55N11O11S. The van der Waals surface area contributed by atoms with Gasteiger partial charge in [-0.15, -0.1) is 0 Å². The quantitative estimate of drug-likeness (QED) is 0.0217. The maximum atomic E-state index is 13.9. The molecule has 5 atom stereocenters. The number of nitrogens with one attached hydrogen (secondary N) is 6. The first-order chi connectivity index (χ1) is 27.0. The lowest BCUT2D eigenvalue weighted by Crippen LogP contribution is -2.59. The number of thioether (sulfide) groups is 1. The fourth-order valence-corrected chi connectivity index (χ4v) is 5.55. The van der Waals surface area contributed by atoms with Crippen LogP contribution in [0.25, 0.3) is 0 Å². The predicted octanol–water partition coefficient (Wildman–Crippen LogP) is -4.07. The number of hydrogen-bond donors (Lipinski definition) is 13. The van der Waals surface area contributed by atoms with Crippen molar-refractivity contribution in [1.82, 2.24) is 31.9 Å². The van der Waals surface area contributed by atoms with E-state index < -0.39 is 90.6 Å². The number of aliphatic carboxylic acids is 2. The van der Waals surface area contributed by atoms with E-state index in [-0.39, 0.29) is 63.4 Å². The lowest BCUT2D eigenvalue weighted by atomic mass is 10.0. The van der Waals surface area contributed by atoms with E-state index in [9.17, 15) is 53.7 Å². The van der Waals surface area contributed by atoms with Crippen LogP contribution >= 0.6 is 11.8 Å². The maximum absolute atomic E-state index is 13.9. The van der Waals surface area contributed by atoms with Crippen LogP contribution in [0.2, 0.25) is 0 Å². The van der Waals surface area contributed by atoms with Gasteiger partial charge in [0.2, 0.25) is 35.4 Å². The van der Waals surface area contributed by atoms with Crippen molar-refractivity contribution in [3.05, 3.63) is 29.8 Å². The van der Waals surface area contributed by atoms with Crippen molar-refractivity contribution < 1.29 is 53.7 Å². The van der Waals surface area contributed by atoms with Crippen LogP contribution in [0.1, 0.15) is 50.5 Å². The molecule has 17 N–H and O–H groups in total. The van der Waals surface area contributed by atoms with E-state index in [2.05, 4.69) is 36.9 Å². The van der Waals surface area contributed by atoms with E-state index in [1.165, 1.54) is 36.0 Å². The van der Waals surface area contributed by atoms with E-state index in [0.29, 0.717) is 24.2 Å². The molecule has 0 unspecified atom stereocenters. The highest BCUT2D eigenvalue weighted by molar-refractivity contribution is 7.98. The van der Waals surface area contributed by atoms with Crippen LogP contribution in [0, 0.1) is 0 Å². The molecule has 1 aromatic rings. The van der Waals surface area contributed by atoms with Gasteiger partial charge in [0.05, 0.1) is 19.5 Å². The Kier molecular flexibility index (Phi) is 23.4. The zero-order valence-electron chi connectivity index (χ0n) is 31.7. The zero-order valence-corrected chi connectivity index (χ0v) is 32.5. The molecule has 0 aromatic heterocycles. The smallest absolute Gasteiger partial charge is 0.326 e. The molecule has 0 saturated carbocycles. The molecule has 23 heteroatoms. The van der Waals surface area contributed by atoms with Crippen molar-refractivity contribution in [2.75, 3.05) is 38.2 Å². The molecule has 0 fully saturated rings. The molecule has 0 aliphatic carbocycles. The van der Waals surface area contributed by atoms with Gasteiger partial charge in [0.1, 0.15) is 36.0 Å². The Morgan fingerprint density at radius 2 is 1.25 bits per heavy atom. The highest BCUT2D eigenvalue weighted by atomic mass is 32.2. The summed E-state index contributed by atoms with van der Waals surface area (Å²) in [5.41, 5.74) is 22.0. The Hall–Kier alpha value is -5.68. The molecule has 6 amide bonds. The lowest BCUT2D eigenvalue weighted by molar-refractivity contribution is -0.143. The van der Waals surface area contributed by atoms with Gasteiger partial charge in [-0.1, -0.05) is 12.1 Å². The molecule has 22 nitrogen and oxygen atoms in total. The topological polar surface area (TPSA) is 386 Å². The van der Waals surface area contributed by atoms with Crippen LogP contribution in [0.3, 0.4) is 0 Å². The number of aliphatic imine (C=N–C) groups is 1. The minimum absolute atomic E-state index is 0.0285. The second-order valence-corrected chi connectivity index (χ2v) is 13.7. The second kappa shape index (κ2) is 27.0. The summed E-state index contributed by atoms with van der Waals surface area (Å²) >= 11 is 1.35. The standard InChI is InChI=1S/C34H55N11O11S/c1-57-14-11-23(33(55)56)43-30(52)22(6-4-13-39-34(37)38)42-32(54)25(16-28(49)50)45-31(53)24(15-19-7-9-20(46)10-8-19)44-29(51)21(5-2-3-12-35)41-27(48)18-40-26(47)17-36/h7-10,21-25,46H,2-6,11-18,35-36H2,1H3,(H,40,47)(H,41,48)(H,42,54)(H,43,52)(H,44,51)(H,45,53)(H,49,50)(H,55,56)(H4,37,38,39)/t21-,22-,23-,24-,25-/m0/s1. The number of carbonyl (C=O) groups excluding carboxylic acids is 6. The third-order valence-corrected chi connectivity index (χ3v) is 8.70. The van der Waals surface area contributed by atoms with Gasteiger partial charge in [0, 0.05) is 13.0 Å². The molecule has 0 radical (unpaired) electrons. The van der Waals surface area contributed by atoms with Gasteiger partial charge in [-0.3, -0.25) is 38.6 Å². The molecule has 0 aliphatic rings. The first kappa shape index (κ1) is 49.3. The Labute approximate surface area is 333 Å². The average Bonchev–Trinajstić information content (AvgIpc) is 3.15. The summed E-state index contributed by atoms with van der Waals surface area (Å²) < 4.78 is 0. The maximum Gasteiger partial charge on any atom is 0.326 e. The number of amides is 6. The Morgan fingerprint density at radius 3 is 1.81 bits per heavy atom. The van der Waals surface area contributed by atoms with Crippen molar-refractivity contribution >= 4 is 65.1 Å². The first-order valence-corrected chi connectivity index (χ1v) is 19.3. The summed E-state index contributed by atoms with van der Waals surface area (Å²) in [4.78, 5) is 106. The zero-order chi connectivity index (χ0) is 42.9. The Morgan fingerprint density at radius 1 is 0.702 bits per heavy atom. The number of hydrogen-bond acceptors (Lipinski definition) is 13. The third-order valence-electron chi connectivity index (χ3n) is 8.05. The number of aromatic hydroxyl groups is 1. The van der Waals surface area contributed by atoms with Gasteiger partial charge in [0.15, 0.2) is 5.96 Å². The molecule has 1 rings (SSSR count). The summed E-state index contributed by atoms with van der Waals surface area (Å²) in [6.07, 6.45) is 1.53. The lowest BCUT2D eigenvalue weighted by Gasteiger charge is -2.26. The van der Waals surface area contributed by atoms with E-state index >= 15 is 0 Å². The van der Waals surface area contributed by atoms with Gasteiger partial charge >= 0.3 is 11.9 Å². The van der Waals surface area contributed by atoms with Crippen LogP contribution in [0.5, 0.6) is 5.75 Å². The number of carboxylic acids is 2. The normalized spacial score (nSPS) is 13.3. The van der Waals surface area contributed by atoms with Crippen LogP contribution in [0.15, 0.2) is 29.3 Å². The number of unbranched alkanes of at least 4 members (excludes halogenated alkanes) is 1. The number of guanidine groups is 1. The highest BCUT2D eigenvalue weighted by Crippen LogP contribution is 2.13. The molecule has 57 heavy (non-hydrogen) atoms. The SMILES string of the molecule is CSCC[C@H](NC(=O)[C@H](CCCN=C(N)N)NC(=O)[C@H](CC(=O)O)NC(=O)[C@H](Cc1ccc(O)cc1)NC(=O)[C@H](CCCCN)NC(=O)CNC(=O)CN)C(=O)O. The summed E-state index contributed by atoms with van der Waals surface area (Å²) in [6, 6.07) is -1.71. The molecule has 0 aliphatic heterocycles. The number of phenolic OH excluding ortho intramolecular Hbond substituents is 1. The minimum Gasteiger partial charge on any atom is -0.508 e. The van der Waals surface area contributed by atoms with Crippen molar-refractivity contribution in [2.24, 2.45) is 27.9 Å². The van der Waals surface area contributed by atoms with E-state index in [4.69, 9.17) is 22.9 Å². The Bertz CT molecular complexity index is 1550. The largest absolute Gasteiger partial charge is 0.508 e. The molecule has 1 aromatic carbocycles. The molecule has 0 spiro atoms. The summed E-state index contributed by atoms with van der Waals surface area (Å²) in [5.74, 6) is -8.02. The third kappa shape index (κ3) is 20.7. The van der Waals surface area contributed by atoms with Gasteiger partial charge in [-0.2, -0.15) is 11.8 Å². The van der Waals surface area contributed by atoms with E-state index in [1.54, 1.807) is 6.26 Å². The van der Waals surface area contributed by atoms with Gasteiger partial charge < -0.3 is 70.2 Å². The number of carboxylic acid groups (broad SMARTS) is 2. The van der Waals surface area contributed by atoms with E-state index in [0.717, 1.165) is 0 Å². The fourth-order valence-electron chi connectivity index (χ4n) is 5.07. The number of benzene rings is 1.